The summed E-state index contributed by atoms with van der Waals surface area (Å²) in [5.41, 5.74) is -0.548. The molecule has 2 atom stereocenters. The van der Waals surface area contributed by atoms with E-state index >= 15 is 0 Å². The first-order valence-electron chi connectivity index (χ1n) is 8.15. The quantitative estimate of drug-likeness (QED) is 0.900. The summed E-state index contributed by atoms with van der Waals surface area (Å²) in [6.07, 6.45) is 9.42. The maximum atomic E-state index is 11.0. The Balaban J connectivity index is 1.67. The van der Waals surface area contributed by atoms with Gasteiger partial charge in [0.15, 0.2) is 0 Å². The maximum absolute atomic E-state index is 11.0. The van der Waals surface area contributed by atoms with Gasteiger partial charge < -0.3 is 5.11 Å². The molecule has 1 N–H and O–H groups in total. The molecule has 2 fully saturated rings. The van der Waals surface area contributed by atoms with E-state index in [0.29, 0.717) is 12.3 Å². The zero-order chi connectivity index (χ0) is 14.2. The van der Waals surface area contributed by atoms with E-state index < -0.39 is 5.60 Å². The van der Waals surface area contributed by atoms with Crippen LogP contribution in [0.2, 0.25) is 0 Å². The van der Waals surface area contributed by atoms with Crippen molar-refractivity contribution in [2.75, 3.05) is 0 Å². The third-order valence-electron chi connectivity index (χ3n) is 4.87. The van der Waals surface area contributed by atoms with Crippen molar-refractivity contribution in [3.8, 4) is 0 Å². The van der Waals surface area contributed by atoms with E-state index in [-0.39, 0.29) is 0 Å². The molecule has 0 radical (unpaired) electrons. The Morgan fingerprint density at radius 2 is 2.15 bits per heavy atom. The molecule has 0 bridgehead atoms. The summed E-state index contributed by atoms with van der Waals surface area (Å²) < 4.78 is 1.98. The molecule has 20 heavy (non-hydrogen) atoms. The Morgan fingerprint density at radius 3 is 2.85 bits per heavy atom. The highest BCUT2D eigenvalue weighted by atomic mass is 16.3. The third-order valence-corrected chi connectivity index (χ3v) is 4.87. The largest absolute Gasteiger partial charge is 0.389 e. The van der Waals surface area contributed by atoms with E-state index in [4.69, 9.17) is 0 Å². The molecular weight excluding hydrogens is 250 g/mol. The van der Waals surface area contributed by atoms with Crippen LogP contribution in [0.15, 0.2) is 6.33 Å². The molecule has 0 amide bonds. The van der Waals surface area contributed by atoms with Gasteiger partial charge >= 0.3 is 0 Å². The molecule has 1 heterocycles. The van der Waals surface area contributed by atoms with Gasteiger partial charge in [0.25, 0.3) is 0 Å². The van der Waals surface area contributed by atoms with E-state index in [2.05, 4.69) is 23.9 Å². The predicted molar refractivity (Wildman–Crippen MR) is 78.2 cm³/mol. The van der Waals surface area contributed by atoms with Crippen molar-refractivity contribution in [1.82, 2.24) is 14.8 Å². The summed E-state index contributed by atoms with van der Waals surface area (Å²) in [5.74, 6) is 3.15. The van der Waals surface area contributed by atoms with Crippen molar-refractivity contribution in [1.29, 1.82) is 0 Å². The molecule has 0 spiro atoms. The van der Waals surface area contributed by atoms with Crippen molar-refractivity contribution in [2.45, 2.75) is 70.9 Å². The molecule has 1 aromatic rings. The highest BCUT2D eigenvalue weighted by molar-refractivity contribution is 4.99. The Hall–Kier alpha value is -0.900. The molecular formula is C16H27N3O. The van der Waals surface area contributed by atoms with Crippen molar-refractivity contribution in [3.05, 3.63) is 12.2 Å². The minimum Gasteiger partial charge on any atom is -0.389 e. The Labute approximate surface area is 121 Å². The van der Waals surface area contributed by atoms with E-state index in [1.54, 1.807) is 6.33 Å². The van der Waals surface area contributed by atoms with Crippen molar-refractivity contribution < 1.29 is 5.11 Å². The molecule has 112 valence electrons. The van der Waals surface area contributed by atoms with Crippen LogP contribution >= 0.6 is 0 Å². The van der Waals surface area contributed by atoms with Crippen LogP contribution in [0, 0.1) is 17.8 Å². The fourth-order valence-electron chi connectivity index (χ4n) is 3.73. The number of rotatable bonds is 5. The van der Waals surface area contributed by atoms with Crippen LogP contribution in [0.1, 0.15) is 58.2 Å². The van der Waals surface area contributed by atoms with E-state index in [1.807, 2.05) is 4.68 Å². The molecule has 2 aliphatic rings. The van der Waals surface area contributed by atoms with Gasteiger partial charge in [-0.3, -0.25) is 0 Å². The van der Waals surface area contributed by atoms with E-state index in [9.17, 15) is 5.11 Å². The molecule has 0 aromatic carbocycles. The lowest BCUT2D eigenvalue weighted by molar-refractivity contribution is -0.0219. The van der Waals surface area contributed by atoms with Crippen molar-refractivity contribution >= 4 is 0 Å². The summed E-state index contributed by atoms with van der Waals surface area (Å²) >= 11 is 0. The van der Waals surface area contributed by atoms with Gasteiger partial charge in [-0.1, -0.05) is 20.3 Å². The fourth-order valence-corrected chi connectivity index (χ4v) is 3.73. The van der Waals surface area contributed by atoms with Crippen LogP contribution in [0.4, 0.5) is 0 Å². The minimum absolute atomic E-state index is 0.548. The van der Waals surface area contributed by atoms with Gasteiger partial charge in [0, 0.05) is 13.0 Å². The first-order chi connectivity index (χ1) is 9.56. The lowest BCUT2D eigenvalue weighted by Crippen LogP contribution is -2.39. The van der Waals surface area contributed by atoms with Gasteiger partial charge in [-0.2, -0.15) is 5.10 Å². The van der Waals surface area contributed by atoms with Crippen LogP contribution < -0.4 is 0 Å². The minimum atomic E-state index is -0.548. The second-order valence-electron chi connectivity index (χ2n) is 7.35. The Morgan fingerprint density at radius 1 is 1.35 bits per heavy atom. The summed E-state index contributed by atoms with van der Waals surface area (Å²) in [6, 6.07) is 0. The number of aromatic nitrogens is 3. The van der Waals surface area contributed by atoms with Crippen LogP contribution in [-0.2, 0) is 13.0 Å². The number of nitrogens with zero attached hydrogens (tertiary/aromatic N) is 3. The number of hydrogen-bond donors (Lipinski definition) is 1. The second-order valence-corrected chi connectivity index (χ2v) is 7.35. The highest BCUT2D eigenvalue weighted by Gasteiger charge is 2.41. The van der Waals surface area contributed by atoms with Crippen LogP contribution in [-0.4, -0.2) is 25.5 Å². The molecule has 4 nitrogen and oxygen atoms in total. The number of aliphatic hydroxyl groups is 1. The van der Waals surface area contributed by atoms with Gasteiger partial charge in [-0.05, 0) is 49.9 Å². The monoisotopic (exact) mass is 277 g/mol. The standard InChI is InChI=1S/C16H27N3O/c1-12(2)10-19-15(17-11-18-19)9-16(20)7-3-4-14(8-16)13-5-6-13/h11-14,20H,3-10H2,1-2H3. The zero-order valence-corrected chi connectivity index (χ0v) is 12.8. The first-order valence-corrected chi connectivity index (χ1v) is 8.15. The maximum Gasteiger partial charge on any atom is 0.138 e. The normalized spacial score (nSPS) is 30.9. The summed E-state index contributed by atoms with van der Waals surface area (Å²) in [7, 11) is 0. The van der Waals surface area contributed by atoms with Gasteiger partial charge in [0.1, 0.15) is 12.2 Å². The molecule has 2 unspecified atom stereocenters. The molecule has 3 rings (SSSR count). The zero-order valence-electron chi connectivity index (χ0n) is 12.8. The molecule has 2 aliphatic carbocycles. The van der Waals surface area contributed by atoms with Gasteiger partial charge in [0.05, 0.1) is 5.60 Å². The molecule has 0 aliphatic heterocycles. The van der Waals surface area contributed by atoms with Gasteiger partial charge in [0.2, 0.25) is 0 Å². The molecule has 4 heteroatoms. The topological polar surface area (TPSA) is 50.9 Å². The highest BCUT2D eigenvalue weighted by Crippen LogP contribution is 2.47. The van der Waals surface area contributed by atoms with E-state index in [0.717, 1.165) is 43.5 Å². The predicted octanol–water partition coefficient (Wildman–Crippen LogP) is 2.81. The molecule has 2 saturated carbocycles. The lowest BCUT2D eigenvalue weighted by atomic mass is 9.74. The van der Waals surface area contributed by atoms with Gasteiger partial charge in [-0.25, -0.2) is 9.67 Å². The second kappa shape index (κ2) is 5.47. The van der Waals surface area contributed by atoms with Gasteiger partial charge in [-0.15, -0.1) is 0 Å². The number of hydrogen-bond acceptors (Lipinski definition) is 3. The fraction of sp³-hybridized carbons (Fsp3) is 0.875. The Kier molecular flexibility index (Phi) is 3.85. The van der Waals surface area contributed by atoms with Crippen molar-refractivity contribution in [3.63, 3.8) is 0 Å². The van der Waals surface area contributed by atoms with Crippen LogP contribution in [0.3, 0.4) is 0 Å². The Bertz CT molecular complexity index is 452. The van der Waals surface area contributed by atoms with Crippen LogP contribution in [0.25, 0.3) is 0 Å². The summed E-state index contributed by atoms with van der Waals surface area (Å²) in [5, 5.41) is 15.3. The first kappa shape index (κ1) is 14.1. The van der Waals surface area contributed by atoms with E-state index in [1.165, 1.54) is 19.3 Å². The summed E-state index contributed by atoms with van der Waals surface area (Å²) in [6.45, 7) is 5.26. The lowest BCUT2D eigenvalue weighted by Gasteiger charge is -2.37. The molecule has 0 saturated heterocycles. The molecule has 1 aromatic heterocycles. The third kappa shape index (κ3) is 3.22. The average Bonchev–Trinajstić information content (AvgIpc) is 3.14. The van der Waals surface area contributed by atoms with Crippen LogP contribution in [0.5, 0.6) is 0 Å². The van der Waals surface area contributed by atoms with Crippen molar-refractivity contribution in [2.24, 2.45) is 17.8 Å². The summed E-state index contributed by atoms with van der Waals surface area (Å²) in [4.78, 5) is 4.39. The SMILES string of the molecule is CC(C)Cn1ncnc1CC1(O)CCCC(C2CC2)C1. The smallest absolute Gasteiger partial charge is 0.138 e. The average molecular weight is 277 g/mol.